The van der Waals surface area contributed by atoms with E-state index in [0.717, 1.165) is 31.4 Å². The smallest absolute Gasteiger partial charge is 0.410 e. The van der Waals surface area contributed by atoms with E-state index in [1.165, 1.54) is 11.1 Å². The number of rotatable bonds is 1. The lowest BCUT2D eigenvalue weighted by molar-refractivity contribution is 0.0263. The van der Waals surface area contributed by atoms with Gasteiger partial charge in [-0.3, -0.25) is 4.98 Å². The van der Waals surface area contributed by atoms with Crippen LogP contribution in [0, 0.1) is 0 Å². The molecule has 0 bridgehead atoms. The summed E-state index contributed by atoms with van der Waals surface area (Å²) in [6.07, 6.45) is 4.44. The number of carbonyl (C=O) groups is 1. The average molecular weight is 327 g/mol. The lowest BCUT2D eigenvalue weighted by atomic mass is 10.1. The third-order valence-electron chi connectivity index (χ3n) is 4.15. The number of nitrogens with zero attached hydrogens (tertiary/aromatic N) is 3. The van der Waals surface area contributed by atoms with E-state index in [-0.39, 0.29) is 6.09 Å². The van der Waals surface area contributed by atoms with Crippen LogP contribution in [0.15, 0.2) is 36.7 Å². The molecule has 0 N–H and O–H groups in total. The van der Waals surface area contributed by atoms with Crippen LogP contribution in [-0.4, -0.2) is 47.8 Å². The number of anilines is 1. The number of pyridine rings is 1. The molecule has 1 fully saturated rings. The normalized spacial score (nSPS) is 16.1. The van der Waals surface area contributed by atoms with Crippen LogP contribution in [0.5, 0.6) is 0 Å². The Kier molecular flexibility index (Phi) is 4.60. The van der Waals surface area contributed by atoms with Gasteiger partial charge in [0.1, 0.15) is 5.60 Å². The molecule has 0 atom stereocenters. The van der Waals surface area contributed by atoms with Crippen molar-refractivity contribution in [1.82, 2.24) is 9.88 Å². The topological polar surface area (TPSA) is 45.7 Å². The summed E-state index contributed by atoms with van der Waals surface area (Å²) in [7, 11) is 0. The van der Waals surface area contributed by atoms with Crippen molar-refractivity contribution in [3.05, 3.63) is 36.7 Å². The molecule has 0 radical (unpaired) electrons. The van der Waals surface area contributed by atoms with Gasteiger partial charge >= 0.3 is 6.09 Å². The van der Waals surface area contributed by atoms with Crippen LogP contribution >= 0.6 is 0 Å². The molecule has 0 spiro atoms. The second-order valence-corrected chi connectivity index (χ2v) is 7.18. The molecule has 2 heterocycles. The van der Waals surface area contributed by atoms with E-state index in [1.54, 1.807) is 0 Å². The molecule has 24 heavy (non-hydrogen) atoms. The summed E-state index contributed by atoms with van der Waals surface area (Å²) in [6, 6.07) is 8.34. The van der Waals surface area contributed by atoms with Crippen LogP contribution in [0.4, 0.5) is 10.5 Å². The molecule has 1 saturated heterocycles. The first-order valence-corrected chi connectivity index (χ1v) is 8.50. The highest BCUT2D eigenvalue weighted by atomic mass is 16.6. The Morgan fingerprint density at radius 2 is 1.96 bits per heavy atom. The van der Waals surface area contributed by atoms with Crippen LogP contribution in [-0.2, 0) is 4.74 Å². The summed E-state index contributed by atoms with van der Waals surface area (Å²) in [4.78, 5) is 20.7. The van der Waals surface area contributed by atoms with E-state index in [9.17, 15) is 4.79 Å². The van der Waals surface area contributed by atoms with Gasteiger partial charge in [-0.25, -0.2) is 4.79 Å². The molecular formula is C19H25N3O2. The second kappa shape index (κ2) is 6.67. The number of amides is 1. The van der Waals surface area contributed by atoms with E-state index in [2.05, 4.69) is 28.1 Å². The zero-order valence-corrected chi connectivity index (χ0v) is 14.7. The third-order valence-corrected chi connectivity index (χ3v) is 4.15. The Balaban J connectivity index is 1.75. The fourth-order valence-corrected chi connectivity index (χ4v) is 3.04. The number of fused-ring (bicyclic) bond motifs is 1. The highest BCUT2D eigenvalue weighted by molar-refractivity contribution is 5.93. The molecule has 1 amide bonds. The van der Waals surface area contributed by atoms with Crippen molar-refractivity contribution in [3.63, 3.8) is 0 Å². The number of hydrogen-bond donors (Lipinski definition) is 0. The Bertz CT molecular complexity index is 719. The monoisotopic (exact) mass is 327 g/mol. The molecule has 0 saturated carbocycles. The number of hydrogen-bond acceptors (Lipinski definition) is 4. The van der Waals surface area contributed by atoms with Gasteiger partial charge in [-0.05, 0) is 44.7 Å². The molecule has 128 valence electrons. The minimum Gasteiger partial charge on any atom is -0.444 e. The highest BCUT2D eigenvalue weighted by Crippen LogP contribution is 2.27. The Morgan fingerprint density at radius 1 is 1.12 bits per heavy atom. The standard InChI is InChI=1S/C19H25N3O2/c1-19(2,3)24-18(23)22-11-5-10-21(12-13-22)17-7-4-6-15-8-9-20-14-16(15)17/h4,6-9,14H,5,10-13H2,1-3H3. The maximum Gasteiger partial charge on any atom is 0.410 e. The first-order chi connectivity index (χ1) is 11.4. The molecule has 1 aromatic carbocycles. The minimum atomic E-state index is -0.454. The molecule has 3 rings (SSSR count). The van der Waals surface area contributed by atoms with Gasteiger partial charge in [-0.2, -0.15) is 0 Å². The summed E-state index contributed by atoms with van der Waals surface area (Å²) < 4.78 is 5.50. The van der Waals surface area contributed by atoms with Crippen LogP contribution < -0.4 is 4.90 Å². The molecule has 1 aliphatic heterocycles. The second-order valence-electron chi connectivity index (χ2n) is 7.18. The van der Waals surface area contributed by atoms with Crippen molar-refractivity contribution in [2.45, 2.75) is 32.8 Å². The van der Waals surface area contributed by atoms with Crippen molar-refractivity contribution in [1.29, 1.82) is 0 Å². The highest BCUT2D eigenvalue weighted by Gasteiger charge is 2.24. The molecule has 5 heteroatoms. The predicted molar refractivity (Wildman–Crippen MR) is 96.4 cm³/mol. The number of carbonyl (C=O) groups excluding carboxylic acids is 1. The first-order valence-electron chi connectivity index (χ1n) is 8.50. The van der Waals surface area contributed by atoms with E-state index in [1.807, 2.05) is 44.1 Å². The van der Waals surface area contributed by atoms with E-state index in [0.29, 0.717) is 6.54 Å². The lowest BCUT2D eigenvalue weighted by Gasteiger charge is -2.27. The Morgan fingerprint density at radius 3 is 2.75 bits per heavy atom. The SMILES string of the molecule is CC(C)(C)OC(=O)N1CCCN(c2cccc3ccncc23)CC1. The van der Waals surface area contributed by atoms with Gasteiger partial charge in [-0.1, -0.05) is 12.1 Å². The van der Waals surface area contributed by atoms with Gasteiger partial charge in [0.15, 0.2) is 0 Å². The lowest BCUT2D eigenvalue weighted by Crippen LogP contribution is -2.39. The quantitative estimate of drug-likeness (QED) is 0.801. The molecule has 0 aliphatic carbocycles. The molecule has 1 aromatic heterocycles. The zero-order chi connectivity index (χ0) is 17.2. The molecule has 5 nitrogen and oxygen atoms in total. The third kappa shape index (κ3) is 3.78. The van der Waals surface area contributed by atoms with Gasteiger partial charge in [-0.15, -0.1) is 0 Å². The Hall–Kier alpha value is -2.30. The minimum absolute atomic E-state index is 0.219. The van der Waals surface area contributed by atoms with E-state index < -0.39 is 5.60 Å². The van der Waals surface area contributed by atoms with Crippen molar-refractivity contribution < 1.29 is 9.53 Å². The maximum absolute atomic E-state index is 12.3. The zero-order valence-electron chi connectivity index (χ0n) is 14.7. The first kappa shape index (κ1) is 16.6. The van der Waals surface area contributed by atoms with Crippen molar-refractivity contribution in [2.24, 2.45) is 0 Å². The number of aromatic nitrogens is 1. The summed E-state index contributed by atoms with van der Waals surface area (Å²) >= 11 is 0. The summed E-state index contributed by atoms with van der Waals surface area (Å²) in [5.41, 5.74) is 0.733. The van der Waals surface area contributed by atoms with E-state index in [4.69, 9.17) is 4.74 Å². The Labute approximate surface area is 143 Å². The molecule has 2 aromatic rings. The van der Waals surface area contributed by atoms with E-state index >= 15 is 0 Å². The van der Waals surface area contributed by atoms with Gasteiger partial charge in [0.2, 0.25) is 0 Å². The fourth-order valence-electron chi connectivity index (χ4n) is 3.04. The maximum atomic E-state index is 12.3. The van der Waals surface area contributed by atoms with Gasteiger partial charge in [0, 0.05) is 49.6 Å². The molecular weight excluding hydrogens is 302 g/mol. The van der Waals surface area contributed by atoms with Crippen molar-refractivity contribution >= 4 is 22.6 Å². The van der Waals surface area contributed by atoms with Crippen LogP contribution in [0.1, 0.15) is 27.2 Å². The number of benzene rings is 1. The summed E-state index contributed by atoms with van der Waals surface area (Å²) in [5, 5.41) is 2.35. The van der Waals surface area contributed by atoms with Crippen molar-refractivity contribution in [3.8, 4) is 0 Å². The fraction of sp³-hybridized carbons (Fsp3) is 0.474. The van der Waals surface area contributed by atoms with Gasteiger partial charge in [0.05, 0.1) is 0 Å². The van der Waals surface area contributed by atoms with Crippen LogP contribution in [0.2, 0.25) is 0 Å². The summed E-state index contributed by atoms with van der Waals surface area (Å²) in [6.45, 7) is 8.83. The predicted octanol–water partition coefficient (Wildman–Crippen LogP) is 3.68. The van der Waals surface area contributed by atoms with Crippen molar-refractivity contribution in [2.75, 3.05) is 31.1 Å². The van der Waals surface area contributed by atoms with Crippen LogP contribution in [0.3, 0.4) is 0 Å². The largest absolute Gasteiger partial charge is 0.444 e. The van der Waals surface area contributed by atoms with Gasteiger partial charge < -0.3 is 14.5 Å². The van der Waals surface area contributed by atoms with Gasteiger partial charge in [0.25, 0.3) is 0 Å². The molecule has 0 unspecified atom stereocenters. The average Bonchev–Trinajstić information content (AvgIpc) is 2.79. The molecule has 1 aliphatic rings. The summed E-state index contributed by atoms with van der Waals surface area (Å²) in [5.74, 6) is 0. The number of ether oxygens (including phenoxy) is 1. The van der Waals surface area contributed by atoms with Crippen LogP contribution in [0.25, 0.3) is 10.8 Å².